The minimum Gasteiger partial charge on any atom is -0.496 e. The molecule has 0 atom stereocenters. The number of ether oxygens (including phenoxy) is 1. The lowest BCUT2D eigenvalue weighted by Crippen LogP contribution is -2.49. The molecule has 1 amide bonds. The largest absolute Gasteiger partial charge is 0.496 e. The van der Waals surface area contributed by atoms with Gasteiger partial charge in [-0.1, -0.05) is 24.1 Å². The number of pyridine rings is 1. The number of methoxy groups -OCH3 is 1. The lowest BCUT2D eigenvalue weighted by Gasteiger charge is -2.36. The van der Waals surface area contributed by atoms with Gasteiger partial charge in [-0.2, -0.15) is 0 Å². The van der Waals surface area contributed by atoms with Crippen LogP contribution in [0.1, 0.15) is 40.9 Å². The molecule has 1 fully saturated rings. The first-order valence-corrected chi connectivity index (χ1v) is 10.5. The van der Waals surface area contributed by atoms with Crippen LogP contribution in [-0.4, -0.2) is 48.7 Å². The van der Waals surface area contributed by atoms with E-state index in [1.165, 1.54) is 24.4 Å². The second-order valence-electron chi connectivity index (χ2n) is 7.95. The number of carbonyl (C=O) groups excluding carboxylic acids is 1. The SMILES string of the molecule is COc1cc(=O)n2c(c1C(=O)N1CCN(c3ccc(C)cc3)CC1)CCCCC2. The Labute approximate surface area is 171 Å². The van der Waals surface area contributed by atoms with Gasteiger partial charge in [-0.25, -0.2) is 0 Å². The predicted molar refractivity (Wildman–Crippen MR) is 114 cm³/mol. The highest BCUT2D eigenvalue weighted by molar-refractivity contribution is 5.98. The van der Waals surface area contributed by atoms with Gasteiger partial charge in [-0.3, -0.25) is 9.59 Å². The highest BCUT2D eigenvalue weighted by atomic mass is 16.5. The third-order valence-electron chi connectivity index (χ3n) is 6.08. The van der Waals surface area contributed by atoms with Crippen molar-refractivity contribution in [3.8, 4) is 5.75 Å². The Morgan fingerprint density at radius 3 is 2.38 bits per heavy atom. The second-order valence-corrected chi connectivity index (χ2v) is 7.95. The van der Waals surface area contributed by atoms with E-state index in [1.807, 2.05) is 4.90 Å². The van der Waals surface area contributed by atoms with Crippen molar-refractivity contribution in [2.75, 3.05) is 38.2 Å². The monoisotopic (exact) mass is 395 g/mol. The number of aryl methyl sites for hydroxylation is 1. The topological polar surface area (TPSA) is 54.8 Å². The maximum Gasteiger partial charge on any atom is 0.259 e. The van der Waals surface area contributed by atoms with E-state index in [2.05, 4.69) is 36.1 Å². The Morgan fingerprint density at radius 2 is 1.69 bits per heavy atom. The number of fused-ring (bicyclic) bond motifs is 1. The van der Waals surface area contributed by atoms with Gasteiger partial charge in [-0.05, 0) is 38.3 Å². The molecule has 6 heteroatoms. The van der Waals surface area contributed by atoms with Crippen LogP contribution in [0.15, 0.2) is 35.1 Å². The lowest BCUT2D eigenvalue weighted by molar-refractivity contribution is 0.0741. The fourth-order valence-corrected chi connectivity index (χ4v) is 4.39. The summed E-state index contributed by atoms with van der Waals surface area (Å²) in [5, 5.41) is 0. The molecule has 0 unspecified atom stereocenters. The molecule has 2 aliphatic heterocycles. The molecule has 1 saturated heterocycles. The Hall–Kier alpha value is -2.76. The van der Waals surface area contributed by atoms with Gasteiger partial charge in [0, 0.05) is 50.2 Å². The fraction of sp³-hybridized carbons (Fsp3) is 0.478. The van der Waals surface area contributed by atoms with E-state index in [0.717, 1.165) is 44.5 Å². The van der Waals surface area contributed by atoms with Crippen LogP contribution in [0.2, 0.25) is 0 Å². The summed E-state index contributed by atoms with van der Waals surface area (Å²) in [6.07, 6.45) is 3.79. The molecule has 0 saturated carbocycles. The van der Waals surface area contributed by atoms with Crippen LogP contribution >= 0.6 is 0 Å². The van der Waals surface area contributed by atoms with E-state index in [1.54, 1.807) is 4.57 Å². The van der Waals surface area contributed by atoms with E-state index in [9.17, 15) is 9.59 Å². The molecule has 2 aliphatic rings. The molecule has 154 valence electrons. The number of anilines is 1. The van der Waals surface area contributed by atoms with Crippen molar-refractivity contribution < 1.29 is 9.53 Å². The molecule has 29 heavy (non-hydrogen) atoms. The fourth-order valence-electron chi connectivity index (χ4n) is 4.39. The Morgan fingerprint density at radius 1 is 0.966 bits per heavy atom. The number of piperazine rings is 1. The van der Waals surface area contributed by atoms with Crippen LogP contribution in [0, 0.1) is 6.92 Å². The number of amides is 1. The van der Waals surface area contributed by atoms with Crippen molar-refractivity contribution in [3.05, 3.63) is 57.5 Å². The van der Waals surface area contributed by atoms with Gasteiger partial charge in [0.05, 0.1) is 7.11 Å². The average molecular weight is 396 g/mol. The average Bonchev–Trinajstić information content (AvgIpc) is 3.00. The zero-order chi connectivity index (χ0) is 20.4. The molecule has 1 aromatic heterocycles. The van der Waals surface area contributed by atoms with E-state index in [-0.39, 0.29) is 11.5 Å². The summed E-state index contributed by atoms with van der Waals surface area (Å²) in [4.78, 5) is 30.2. The molecule has 0 N–H and O–H groups in total. The number of aromatic nitrogens is 1. The van der Waals surface area contributed by atoms with Crippen molar-refractivity contribution in [3.63, 3.8) is 0 Å². The molecular formula is C23H29N3O3. The van der Waals surface area contributed by atoms with Gasteiger partial charge in [0.2, 0.25) is 0 Å². The normalized spacial score (nSPS) is 16.9. The van der Waals surface area contributed by atoms with Crippen molar-refractivity contribution in [1.82, 2.24) is 9.47 Å². The number of benzene rings is 1. The second kappa shape index (κ2) is 8.31. The van der Waals surface area contributed by atoms with Gasteiger partial charge in [0.15, 0.2) is 0 Å². The molecule has 6 nitrogen and oxygen atoms in total. The van der Waals surface area contributed by atoms with E-state index in [0.29, 0.717) is 30.9 Å². The smallest absolute Gasteiger partial charge is 0.259 e. The molecule has 0 bridgehead atoms. The summed E-state index contributed by atoms with van der Waals surface area (Å²) in [6.45, 7) is 5.68. The predicted octanol–water partition coefficient (Wildman–Crippen LogP) is 2.85. The number of rotatable bonds is 3. The van der Waals surface area contributed by atoms with Gasteiger partial charge < -0.3 is 19.1 Å². The van der Waals surface area contributed by atoms with E-state index < -0.39 is 0 Å². The van der Waals surface area contributed by atoms with Gasteiger partial charge in [0.1, 0.15) is 11.3 Å². The summed E-state index contributed by atoms with van der Waals surface area (Å²) < 4.78 is 7.26. The number of hydrogen-bond donors (Lipinski definition) is 0. The lowest BCUT2D eigenvalue weighted by atomic mass is 10.1. The molecular weight excluding hydrogens is 366 g/mol. The molecule has 3 heterocycles. The van der Waals surface area contributed by atoms with Crippen LogP contribution in [0.25, 0.3) is 0 Å². The number of hydrogen-bond acceptors (Lipinski definition) is 4. The highest BCUT2D eigenvalue weighted by Crippen LogP contribution is 2.27. The molecule has 0 radical (unpaired) electrons. The van der Waals surface area contributed by atoms with Crippen LogP contribution < -0.4 is 15.2 Å². The third kappa shape index (κ3) is 3.88. The first-order valence-electron chi connectivity index (χ1n) is 10.5. The van der Waals surface area contributed by atoms with Crippen molar-refractivity contribution in [2.45, 2.75) is 39.2 Å². The minimum absolute atomic E-state index is 0.0175. The third-order valence-corrected chi connectivity index (χ3v) is 6.08. The standard InChI is InChI=1S/C23H29N3O3/c1-17-7-9-18(10-8-17)24-12-14-25(15-13-24)23(28)22-19-6-4-3-5-11-26(19)21(27)16-20(22)29-2/h7-10,16H,3-6,11-15H2,1-2H3. The Kier molecular flexibility index (Phi) is 5.60. The Balaban J connectivity index is 1.57. The maximum absolute atomic E-state index is 13.5. The molecule has 1 aromatic carbocycles. The van der Waals surface area contributed by atoms with Crippen LogP contribution in [-0.2, 0) is 13.0 Å². The molecule has 0 spiro atoms. The van der Waals surface area contributed by atoms with E-state index >= 15 is 0 Å². The van der Waals surface area contributed by atoms with Crippen LogP contribution in [0.4, 0.5) is 5.69 Å². The maximum atomic E-state index is 13.5. The molecule has 4 rings (SSSR count). The number of carbonyl (C=O) groups is 1. The first-order chi connectivity index (χ1) is 14.1. The van der Waals surface area contributed by atoms with Gasteiger partial charge in [-0.15, -0.1) is 0 Å². The van der Waals surface area contributed by atoms with Crippen molar-refractivity contribution in [1.29, 1.82) is 0 Å². The van der Waals surface area contributed by atoms with Crippen molar-refractivity contribution >= 4 is 11.6 Å². The highest BCUT2D eigenvalue weighted by Gasteiger charge is 2.29. The minimum atomic E-state index is -0.0699. The number of nitrogens with zero attached hydrogens (tertiary/aromatic N) is 3. The van der Waals surface area contributed by atoms with Gasteiger partial charge >= 0.3 is 0 Å². The van der Waals surface area contributed by atoms with Crippen LogP contribution in [0.5, 0.6) is 5.75 Å². The quantitative estimate of drug-likeness (QED) is 0.802. The summed E-state index contributed by atoms with van der Waals surface area (Å²) >= 11 is 0. The summed E-state index contributed by atoms with van der Waals surface area (Å²) in [7, 11) is 1.54. The zero-order valence-electron chi connectivity index (χ0n) is 17.3. The summed E-state index contributed by atoms with van der Waals surface area (Å²) in [5.41, 5.74) is 3.80. The molecule has 2 aromatic rings. The zero-order valence-corrected chi connectivity index (χ0v) is 17.3. The molecule has 0 aliphatic carbocycles. The van der Waals surface area contributed by atoms with Gasteiger partial charge in [0.25, 0.3) is 11.5 Å². The van der Waals surface area contributed by atoms with E-state index in [4.69, 9.17) is 4.74 Å². The summed E-state index contributed by atoms with van der Waals surface area (Å²) in [5.74, 6) is 0.394. The van der Waals surface area contributed by atoms with Crippen LogP contribution in [0.3, 0.4) is 0 Å². The summed E-state index contributed by atoms with van der Waals surface area (Å²) in [6, 6.07) is 9.99. The first kappa shape index (κ1) is 19.6. The van der Waals surface area contributed by atoms with Crippen molar-refractivity contribution in [2.24, 2.45) is 0 Å². The Bertz CT molecular complexity index is 941.